The number of aliphatic imine (C=N–C) groups is 1. The van der Waals surface area contributed by atoms with Gasteiger partial charge in [0.25, 0.3) is 0 Å². The van der Waals surface area contributed by atoms with Crippen LogP contribution in [0.4, 0.5) is 0 Å². The normalized spacial score (nSPS) is 16.0. The van der Waals surface area contributed by atoms with Crippen LogP contribution in [0.1, 0.15) is 19.4 Å². The molecule has 1 aliphatic rings. The number of hydrogen-bond donors (Lipinski definition) is 1. The van der Waals surface area contributed by atoms with Crippen molar-refractivity contribution in [1.82, 2.24) is 14.5 Å². The average Bonchev–Trinajstić information content (AvgIpc) is 2.66. The molecule has 0 saturated carbocycles. The number of benzene rings is 1. The number of nitrogens with one attached hydrogen (secondary N) is 1. The lowest BCUT2D eigenvalue weighted by atomic mass is 10.1. The Bertz CT molecular complexity index is 736. The zero-order valence-electron chi connectivity index (χ0n) is 17.3. The average molecular weight is 559 g/mol. The highest BCUT2D eigenvalue weighted by Crippen LogP contribution is 2.11. The predicted molar refractivity (Wildman–Crippen MR) is 130 cm³/mol. The topological polar surface area (TPSA) is 74.2 Å². The van der Waals surface area contributed by atoms with E-state index in [4.69, 9.17) is 16.3 Å². The third-order valence-electron chi connectivity index (χ3n) is 4.55. The van der Waals surface area contributed by atoms with Crippen LogP contribution in [-0.2, 0) is 21.2 Å². The van der Waals surface area contributed by atoms with Crippen LogP contribution in [0.2, 0.25) is 5.02 Å². The summed E-state index contributed by atoms with van der Waals surface area (Å²) in [6.45, 7) is 6.93. The quantitative estimate of drug-likeness (QED) is 0.301. The van der Waals surface area contributed by atoms with Gasteiger partial charge in [-0.05, 0) is 38.0 Å². The van der Waals surface area contributed by atoms with Crippen LogP contribution in [-0.4, -0.2) is 81.8 Å². The van der Waals surface area contributed by atoms with Crippen LogP contribution in [0.25, 0.3) is 0 Å². The van der Waals surface area contributed by atoms with Gasteiger partial charge in [0, 0.05) is 44.8 Å². The zero-order valence-corrected chi connectivity index (χ0v) is 21.2. The highest BCUT2D eigenvalue weighted by atomic mass is 127. The molecule has 7 nitrogen and oxygen atoms in total. The van der Waals surface area contributed by atoms with Crippen LogP contribution in [0.5, 0.6) is 0 Å². The van der Waals surface area contributed by atoms with E-state index < -0.39 is 10.0 Å². The van der Waals surface area contributed by atoms with Crippen LogP contribution in [0, 0.1) is 0 Å². The van der Waals surface area contributed by atoms with Gasteiger partial charge in [-0.1, -0.05) is 23.7 Å². The predicted octanol–water partition coefficient (Wildman–Crippen LogP) is 2.45. The van der Waals surface area contributed by atoms with Crippen molar-refractivity contribution in [3.63, 3.8) is 0 Å². The van der Waals surface area contributed by atoms with Crippen LogP contribution >= 0.6 is 35.6 Å². The minimum absolute atomic E-state index is 0. The van der Waals surface area contributed by atoms with Gasteiger partial charge in [0.2, 0.25) is 10.0 Å². The van der Waals surface area contributed by atoms with Gasteiger partial charge in [0.15, 0.2) is 5.96 Å². The molecule has 10 heteroatoms. The number of rotatable bonds is 8. The van der Waals surface area contributed by atoms with E-state index in [1.165, 1.54) is 5.56 Å². The molecule has 0 amide bonds. The molecule has 0 bridgehead atoms. The minimum atomic E-state index is -3.28. The van der Waals surface area contributed by atoms with Crippen molar-refractivity contribution in [3.8, 4) is 0 Å². The molecule has 1 saturated heterocycles. The Morgan fingerprint density at radius 2 is 1.83 bits per heavy atom. The molecular weight excluding hydrogens is 527 g/mol. The van der Waals surface area contributed by atoms with Crippen LogP contribution < -0.4 is 5.32 Å². The molecule has 1 N–H and O–H groups in total. The largest absolute Gasteiger partial charge is 0.378 e. The van der Waals surface area contributed by atoms with E-state index in [0.717, 1.165) is 23.9 Å². The van der Waals surface area contributed by atoms with E-state index in [2.05, 4.69) is 15.2 Å². The molecule has 0 aromatic heterocycles. The fraction of sp³-hybridized carbons (Fsp3) is 0.632. The third kappa shape index (κ3) is 8.95. The van der Waals surface area contributed by atoms with Crippen molar-refractivity contribution >= 4 is 51.6 Å². The summed E-state index contributed by atoms with van der Waals surface area (Å²) in [7, 11) is -1.53. The Labute approximate surface area is 196 Å². The lowest BCUT2D eigenvalue weighted by molar-refractivity contribution is 0.0904. The first-order chi connectivity index (χ1) is 13.3. The van der Waals surface area contributed by atoms with Crippen molar-refractivity contribution in [1.29, 1.82) is 0 Å². The maximum absolute atomic E-state index is 12.4. The maximum atomic E-state index is 12.4. The highest BCUT2D eigenvalue weighted by molar-refractivity contribution is 14.0. The molecule has 1 aliphatic heterocycles. The van der Waals surface area contributed by atoms with E-state index in [-0.39, 0.29) is 42.4 Å². The molecule has 29 heavy (non-hydrogen) atoms. The fourth-order valence-corrected chi connectivity index (χ4v) is 4.41. The molecular formula is C19H32ClIN4O3S. The van der Waals surface area contributed by atoms with Gasteiger partial charge in [0.1, 0.15) is 0 Å². The zero-order chi connectivity index (χ0) is 20.6. The molecule has 0 aliphatic carbocycles. The van der Waals surface area contributed by atoms with Crippen molar-refractivity contribution in [3.05, 3.63) is 34.9 Å². The van der Waals surface area contributed by atoms with Gasteiger partial charge in [-0.2, -0.15) is 4.31 Å². The van der Waals surface area contributed by atoms with Crippen LogP contribution in [0.3, 0.4) is 0 Å². The fourth-order valence-electron chi connectivity index (χ4n) is 3.00. The molecule has 0 radical (unpaired) electrons. The van der Waals surface area contributed by atoms with E-state index in [1.807, 2.05) is 38.1 Å². The van der Waals surface area contributed by atoms with Crippen molar-refractivity contribution < 1.29 is 13.2 Å². The summed E-state index contributed by atoms with van der Waals surface area (Å²) in [5.74, 6) is 0.827. The van der Waals surface area contributed by atoms with Crippen molar-refractivity contribution in [2.75, 3.05) is 52.1 Å². The van der Waals surface area contributed by atoms with E-state index in [9.17, 15) is 8.42 Å². The number of nitrogens with zero attached hydrogens (tertiary/aromatic N) is 3. The number of guanidine groups is 1. The monoisotopic (exact) mass is 558 g/mol. The molecule has 1 aromatic rings. The van der Waals surface area contributed by atoms with E-state index in [0.29, 0.717) is 26.2 Å². The second-order valence-electron chi connectivity index (χ2n) is 6.97. The first-order valence-electron chi connectivity index (χ1n) is 9.61. The molecule has 0 unspecified atom stereocenters. The number of halogens is 2. The molecule has 0 spiro atoms. The Hall–Kier alpha value is -0.620. The molecule has 1 aromatic carbocycles. The first-order valence-corrected chi connectivity index (χ1v) is 11.6. The summed E-state index contributed by atoms with van der Waals surface area (Å²) < 4.78 is 31.8. The maximum Gasteiger partial charge on any atom is 0.216 e. The Morgan fingerprint density at radius 1 is 1.21 bits per heavy atom. The van der Waals surface area contributed by atoms with Gasteiger partial charge in [0.05, 0.1) is 18.5 Å². The first kappa shape index (κ1) is 26.4. The summed E-state index contributed by atoms with van der Waals surface area (Å²) in [5.41, 5.74) is 1.20. The van der Waals surface area contributed by atoms with E-state index in [1.54, 1.807) is 11.4 Å². The summed E-state index contributed by atoms with van der Waals surface area (Å²) >= 11 is 5.91. The van der Waals surface area contributed by atoms with E-state index >= 15 is 0 Å². The summed E-state index contributed by atoms with van der Waals surface area (Å²) in [5, 5.41) is 4.09. The Balaban J connectivity index is 0.00000420. The Morgan fingerprint density at radius 3 is 2.38 bits per heavy atom. The minimum Gasteiger partial charge on any atom is -0.378 e. The van der Waals surface area contributed by atoms with Crippen molar-refractivity contribution in [2.24, 2.45) is 4.99 Å². The summed E-state index contributed by atoms with van der Waals surface area (Å²) in [6.07, 6.45) is 0.898. The Kier molecular flexibility index (Phi) is 11.8. The molecule has 1 heterocycles. The summed E-state index contributed by atoms with van der Waals surface area (Å²) in [4.78, 5) is 6.43. The number of hydrogen-bond acceptors (Lipinski definition) is 4. The summed E-state index contributed by atoms with van der Waals surface area (Å²) in [6, 6.07) is 7.80. The number of sulfonamides is 1. The van der Waals surface area contributed by atoms with Crippen LogP contribution in [0.15, 0.2) is 29.3 Å². The molecule has 1 fully saturated rings. The molecule has 166 valence electrons. The van der Waals surface area contributed by atoms with Crippen molar-refractivity contribution in [2.45, 2.75) is 26.4 Å². The lowest BCUT2D eigenvalue weighted by Crippen LogP contribution is -2.54. The SMILES string of the molecule is CN=C(NCCc1ccc(Cl)cc1)N1CCN(S(=O)(=O)CCOC(C)C)CC1.I. The number of piperazine rings is 1. The van der Waals surface area contributed by atoms with Gasteiger partial charge in [-0.15, -0.1) is 24.0 Å². The van der Waals surface area contributed by atoms with Gasteiger partial charge < -0.3 is 15.0 Å². The highest BCUT2D eigenvalue weighted by Gasteiger charge is 2.27. The standard InChI is InChI=1S/C19H31ClN4O3S.HI/c1-16(2)27-14-15-28(25,26)24-12-10-23(11-13-24)19(21-3)22-9-8-17-4-6-18(20)7-5-17;/h4-7,16H,8-15H2,1-3H3,(H,21,22);1H. The lowest BCUT2D eigenvalue weighted by Gasteiger charge is -2.35. The number of ether oxygens (including phenoxy) is 1. The van der Waals surface area contributed by atoms with Gasteiger partial charge >= 0.3 is 0 Å². The molecule has 0 atom stereocenters. The third-order valence-corrected chi connectivity index (χ3v) is 6.63. The smallest absolute Gasteiger partial charge is 0.216 e. The second kappa shape index (κ2) is 12.9. The second-order valence-corrected chi connectivity index (χ2v) is 9.50. The molecule has 2 rings (SSSR count). The van der Waals surface area contributed by atoms with Gasteiger partial charge in [-0.25, -0.2) is 8.42 Å². The van der Waals surface area contributed by atoms with Gasteiger partial charge in [-0.3, -0.25) is 4.99 Å².